The molecule has 0 aromatic heterocycles. The van der Waals surface area contributed by atoms with Gasteiger partial charge in [0.05, 0.1) is 10.5 Å². The largest absolute Gasteiger partial charge is 0.380 e. The van der Waals surface area contributed by atoms with Gasteiger partial charge in [0.2, 0.25) is 0 Å². The zero-order chi connectivity index (χ0) is 14.7. The highest BCUT2D eigenvalue weighted by Gasteiger charge is 2.14. The van der Waals surface area contributed by atoms with Gasteiger partial charge < -0.3 is 5.32 Å². The van der Waals surface area contributed by atoms with Gasteiger partial charge in [-0.15, -0.1) is 0 Å². The van der Waals surface area contributed by atoms with Crippen LogP contribution in [0.5, 0.6) is 0 Å². The Kier molecular flexibility index (Phi) is 3.93. The molecule has 0 heterocycles. The summed E-state index contributed by atoms with van der Waals surface area (Å²) >= 11 is 0. The van der Waals surface area contributed by atoms with Gasteiger partial charge in [-0.3, -0.25) is 10.1 Å². The predicted octanol–water partition coefficient (Wildman–Crippen LogP) is 3.79. The Bertz CT molecular complexity index is 660. The molecule has 0 fully saturated rings. The molecule has 6 heteroatoms. The molecule has 0 spiro atoms. The zero-order valence-corrected chi connectivity index (χ0v) is 10.7. The summed E-state index contributed by atoms with van der Waals surface area (Å²) in [4.78, 5) is 10.3. The van der Waals surface area contributed by atoms with E-state index in [0.717, 1.165) is 23.8 Å². The van der Waals surface area contributed by atoms with E-state index in [0.29, 0.717) is 5.69 Å². The second-order valence-corrected chi connectivity index (χ2v) is 4.34. The van der Waals surface area contributed by atoms with E-state index in [1.54, 1.807) is 13.0 Å². The van der Waals surface area contributed by atoms with Crippen LogP contribution in [0, 0.1) is 28.7 Å². The van der Waals surface area contributed by atoms with E-state index in [9.17, 15) is 18.9 Å². The van der Waals surface area contributed by atoms with Crippen molar-refractivity contribution in [2.24, 2.45) is 0 Å². The smallest absolute Gasteiger partial charge is 0.274 e. The van der Waals surface area contributed by atoms with Crippen LogP contribution in [0.25, 0.3) is 0 Å². The van der Waals surface area contributed by atoms with Crippen molar-refractivity contribution >= 4 is 11.4 Å². The van der Waals surface area contributed by atoms with Gasteiger partial charge in [-0.25, -0.2) is 8.78 Å². The first-order chi connectivity index (χ1) is 9.47. The fraction of sp³-hybridized carbons (Fsp3) is 0.143. The summed E-state index contributed by atoms with van der Waals surface area (Å²) in [5, 5.41) is 13.7. The highest BCUT2D eigenvalue weighted by molar-refractivity contribution is 5.52. The summed E-state index contributed by atoms with van der Waals surface area (Å²) in [6.07, 6.45) is 0. The molecule has 0 radical (unpaired) electrons. The summed E-state index contributed by atoms with van der Waals surface area (Å²) in [7, 11) is 0. The number of nitrogens with zero attached hydrogens (tertiary/aromatic N) is 1. The highest BCUT2D eigenvalue weighted by Crippen LogP contribution is 2.22. The van der Waals surface area contributed by atoms with Crippen LogP contribution in [0.1, 0.15) is 11.1 Å². The maximum atomic E-state index is 13.2. The molecule has 2 aromatic rings. The third-order valence-corrected chi connectivity index (χ3v) is 2.91. The number of rotatable bonds is 4. The van der Waals surface area contributed by atoms with Gasteiger partial charge in [0.25, 0.3) is 5.69 Å². The van der Waals surface area contributed by atoms with E-state index in [1.807, 2.05) is 0 Å². The van der Waals surface area contributed by atoms with Crippen LogP contribution in [0.15, 0.2) is 36.4 Å². The Morgan fingerprint density at radius 1 is 1.15 bits per heavy atom. The molecular formula is C14H12F2N2O2. The molecule has 2 aromatic carbocycles. The van der Waals surface area contributed by atoms with E-state index in [1.165, 1.54) is 12.1 Å². The van der Waals surface area contributed by atoms with Crippen LogP contribution < -0.4 is 5.32 Å². The molecule has 0 saturated carbocycles. The van der Waals surface area contributed by atoms with Crippen LogP contribution >= 0.6 is 0 Å². The minimum atomic E-state index is -0.575. The van der Waals surface area contributed by atoms with E-state index in [-0.39, 0.29) is 17.8 Å². The van der Waals surface area contributed by atoms with Crippen molar-refractivity contribution in [3.63, 3.8) is 0 Å². The minimum absolute atomic E-state index is 0.0400. The first-order valence-electron chi connectivity index (χ1n) is 5.90. The van der Waals surface area contributed by atoms with Crippen LogP contribution in [-0.2, 0) is 6.54 Å². The third-order valence-electron chi connectivity index (χ3n) is 2.91. The predicted molar refractivity (Wildman–Crippen MR) is 71.5 cm³/mol. The quantitative estimate of drug-likeness (QED) is 0.683. The Morgan fingerprint density at radius 2 is 1.80 bits per heavy atom. The fourth-order valence-corrected chi connectivity index (χ4v) is 1.85. The van der Waals surface area contributed by atoms with Crippen molar-refractivity contribution in [2.75, 3.05) is 5.32 Å². The number of nitrogens with one attached hydrogen (secondary N) is 1. The summed E-state index contributed by atoms with van der Waals surface area (Å²) in [6, 6.07) is 7.46. The number of halogens is 2. The van der Waals surface area contributed by atoms with Gasteiger partial charge in [0, 0.05) is 18.3 Å². The summed E-state index contributed by atoms with van der Waals surface area (Å²) < 4.78 is 26.3. The molecule has 0 amide bonds. The average molecular weight is 278 g/mol. The number of aryl methyl sites for hydroxylation is 1. The lowest BCUT2D eigenvalue weighted by Crippen LogP contribution is -2.05. The maximum absolute atomic E-state index is 13.2. The van der Waals surface area contributed by atoms with Crippen molar-refractivity contribution in [3.05, 3.63) is 69.3 Å². The summed E-state index contributed by atoms with van der Waals surface area (Å²) in [5.41, 5.74) is 1.35. The monoisotopic (exact) mass is 278 g/mol. The van der Waals surface area contributed by atoms with Crippen LogP contribution in [-0.4, -0.2) is 4.92 Å². The molecule has 0 saturated heterocycles. The number of nitro benzene ring substituents is 1. The Balaban J connectivity index is 2.24. The van der Waals surface area contributed by atoms with Crippen LogP contribution in [0.4, 0.5) is 20.2 Å². The first kappa shape index (κ1) is 13.9. The lowest BCUT2D eigenvalue weighted by Gasteiger charge is -2.10. The number of benzene rings is 2. The van der Waals surface area contributed by atoms with Gasteiger partial charge in [-0.2, -0.15) is 0 Å². The van der Waals surface area contributed by atoms with Gasteiger partial charge in [-0.05, 0) is 36.8 Å². The van der Waals surface area contributed by atoms with Gasteiger partial charge >= 0.3 is 0 Å². The van der Waals surface area contributed by atoms with Crippen molar-refractivity contribution < 1.29 is 13.7 Å². The highest BCUT2D eigenvalue weighted by atomic mass is 19.1. The molecule has 104 valence electrons. The Labute approximate surface area is 114 Å². The topological polar surface area (TPSA) is 55.2 Å². The molecular weight excluding hydrogens is 266 g/mol. The lowest BCUT2D eigenvalue weighted by molar-refractivity contribution is -0.385. The standard InChI is InChI=1S/C14H12F2N2O2/c1-9-2-3-12(16)7-13(9)17-8-10-6-11(15)4-5-14(10)18(19)20/h2-7,17H,8H2,1H3. The second kappa shape index (κ2) is 5.64. The molecule has 2 rings (SSSR count). The van der Waals surface area contributed by atoms with E-state index in [4.69, 9.17) is 0 Å². The van der Waals surface area contributed by atoms with Crippen molar-refractivity contribution in [1.29, 1.82) is 0 Å². The number of anilines is 1. The van der Waals surface area contributed by atoms with Gasteiger partial charge in [-0.1, -0.05) is 6.07 Å². The molecule has 1 N–H and O–H groups in total. The minimum Gasteiger partial charge on any atom is -0.380 e. The molecule has 0 unspecified atom stereocenters. The van der Waals surface area contributed by atoms with Crippen LogP contribution in [0.3, 0.4) is 0 Å². The third kappa shape index (κ3) is 3.09. The molecule has 20 heavy (non-hydrogen) atoms. The molecule has 0 atom stereocenters. The second-order valence-electron chi connectivity index (χ2n) is 4.34. The maximum Gasteiger partial charge on any atom is 0.274 e. The average Bonchev–Trinajstić information content (AvgIpc) is 2.39. The van der Waals surface area contributed by atoms with Crippen molar-refractivity contribution in [1.82, 2.24) is 0 Å². The molecule has 0 bridgehead atoms. The number of nitro groups is 1. The Hall–Kier alpha value is -2.50. The summed E-state index contributed by atoms with van der Waals surface area (Å²) in [5.74, 6) is -0.963. The van der Waals surface area contributed by atoms with E-state index in [2.05, 4.69) is 5.32 Å². The van der Waals surface area contributed by atoms with Crippen molar-refractivity contribution in [3.8, 4) is 0 Å². The Morgan fingerprint density at radius 3 is 2.50 bits per heavy atom. The van der Waals surface area contributed by atoms with Crippen LogP contribution in [0.2, 0.25) is 0 Å². The first-order valence-corrected chi connectivity index (χ1v) is 5.90. The van der Waals surface area contributed by atoms with Gasteiger partial charge in [0.1, 0.15) is 11.6 Å². The van der Waals surface area contributed by atoms with Crippen molar-refractivity contribution in [2.45, 2.75) is 13.5 Å². The van der Waals surface area contributed by atoms with E-state index < -0.39 is 16.6 Å². The normalized spacial score (nSPS) is 10.3. The lowest BCUT2D eigenvalue weighted by atomic mass is 10.1. The summed E-state index contributed by atoms with van der Waals surface area (Å²) in [6.45, 7) is 1.82. The molecule has 0 aliphatic carbocycles. The molecule has 0 aliphatic rings. The molecule has 0 aliphatic heterocycles. The SMILES string of the molecule is Cc1ccc(F)cc1NCc1cc(F)ccc1[N+](=O)[O-]. The number of hydrogen-bond donors (Lipinski definition) is 1. The van der Waals surface area contributed by atoms with Gasteiger partial charge in [0.15, 0.2) is 0 Å². The molecule has 4 nitrogen and oxygen atoms in total. The fourth-order valence-electron chi connectivity index (χ4n) is 1.85. The number of hydrogen-bond acceptors (Lipinski definition) is 3. The van der Waals surface area contributed by atoms with E-state index >= 15 is 0 Å². The zero-order valence-electron chi connectivity index (χ0n) is 10.7.